The Balaban J connectivity index is 1.90. The molecule has 3 rings (SSSR count). The van der Waals surface area contributed by atoms with E-state index in [9.17, 15) is 9.90 Å². The summed E-state index contributed by atoms with van der Waals surface area (Å²) >= 11 is 0. The molecule has 1 heterocycles. The third kappa shape index (κ3) is 4.82. The van der Waals surface area contributed by atoms with E-state index in [1.807, 2.05) is 13.0 Å². The van der Waals surface area contributed by atoms with E-state index in [0.717, 1.165) is 24.6 Å². The van der Waals surface area contributed by atoms with Crippen LogP contribution in [0, 0.1) is 0 Å². The molecule has 0 bridgehead atoms. The average molecular weight is 424 g/mol. The van der Waals surface area contributed by atoms with Gasteiger partial charge in [-0.3, -0.25) is 9.88 Å². The van der Waals surface area contributed by atoms with Gasteiger partial charge in [0.1, 0.15) is 11.5 Å². The Bertz CT molecular complexity index is 1040. The average Bonchev–Trinajstić information content (AvgIpc) is 2.78. The fourth-order valence-corrected chi connectivity index (χ4v) is 3.66. The number of nitrogens with zero attached hydrogens (tertiary/aromatic N) is 2. The maximum atomic E-state index is 11.9. The van der Waals surface area contributed by atoms with E-state index in [1.54, 1.807) is 56.8 Å². The van der Waals surface area contributed by atoms with E-state index in [-0.39, 0.29) is 6.04 Å². The molecular weight excluding hydrogens is 396 g/mol. The number of methoxy groups -OCH3 is 2. The van der Waals surface area contributed by atoms with E-state index in [0.29, 0.717) is 34.2 Å². The van der Waals surface area contributed by atoms with Crippen molar-refractivity contribution in [3.05, 3.63) is 48.7 Å². The van der Waals surface area contributed by atoms with Crippen LogP contribution < -0.4 is 19.1 Å². The highest BCUT2D eigenvalue weighted by Gasteiger charge is 2.23. The zero-order chi connectivity index (χ0) is 22.4. The molecule has 0 saturated heterocycles. The molecule has 0 aliphatic carbocycles. The van der Waals surface area contributed by atoms with Crippen molar-refractivity contribution < 1.29 is 24.1 Å². The van der Waals surface area contributed by atoms with Crippen LogP contribution in [0.5, 0.6) is 23.0 Å². The van der Waals surface area contributed by atoms with Crippen LogP contribution in [-0.4, -0.2) is 36.4 Å². The summed E-state index contributed by atoms with van der Waals surface area (Å²) in [5.74, 6) is 2.39. The van der Waals surface area contributed by atoms with Crippen molar-refractivity contribution in [1.29, 1.82) is 0 Å². The minimum atomic E-state index is -0.949. The first-order valence-corrected chi connectivity index (χ1v) is 10.3. The van der Waals surface area contributed by atoms with Crippen LogP contribution in [0.3, 0.4) is 0 Å². The normalized spacial score (nSPS) is 11.7. The maximum absolute atomic E-state index is 11.9. The molecule has 0 radical (unpaired) electrons. The van der Waals surface area contributed by atoms with Crippen LogP contribution in [0.1, 0.15) is 33.1 Å². The van der Waals surface area contributed by atoms with Gasteiger partial charge in [-0.15, -0.1) is 0 Å². The lowest BCUT2D eigenvalue weighted by Gasteiger charge is -2.28. The quantitative estimate of drug-likeness (QED) is 0.446. The molecule has 1 atom stereocenters. The summed E-state index contributed by atoms with van der Waals surface area (Å²) in [6.07, 6.45) is 3.21. The topological polar surface area (TPSA) is 81.1 Å². The highest BCUT2D eigenvalue weighted by Crippen LogP contribution is 2.37. The van der Waals surface area contributed by atoms with E-state index in [2.05, 4.69) is 11.9 Å². The standard InChI is InChI=1S/C24H28N2O5/c1-5-7-16(6-2)26(24(27)28)17-8-10-18(11-9-17)31-21-12-13-25-20-15-23(30-4)22(29-3)14-19(20)21/h8-16H,5-7H2,1-4H3,(H,27,28). The molecule has 31 heavy (non-hydrogen) atoms. The summed E-state index contributed by atoms with van der Waals surface area (Å²) < 4.78 is 16.8. The molecular formula is C24H28N2O5. The van der Waals surface area contributed by atoms with Gasteiger partial charge >= 0.3 is 6.09 Å². The Morgan fingerprint density at radius 2 is 1.71 bits per heavy atom. The summed E-state index contributed by atoms with van der Waals surface area (Å²) in [5, 5.41) is 10.5. The number of benzene rings is 2. The molecule has 164 valence electrons. The molecule has 1 N–H and O–H groups in total. The smallest absolute Gasteiger partial charge is 0.412 e. The second kappa shape index (κ2) is 10.0. The zero-order valence-electron chi connectivity index (χ0n) is 18.3. The van der Waals surface area contributed by atoms with Crippen LogP contribution in [0.2, 0.25) is 0 Å². The summed E-state index contributed by atoms with van der Waals surface area (Å²) in [6.45, 7) is 4.06. The van der Waals surface area contributed by atoms with Crippen LogP contribution in [0.4, 0.5) is 10.5 Å². The Morgan fingerprint density at radius 1 is 1.03 bits per heavy atom. The number of carboxylic acid groups (broad SMARTS) is 1. The Morgan fingerprint density at radius 3 is 2.29 bits per heavy atom. The number of amides is 1. The molecule has 0 fully saturated rings. The van der Waals surface area contributed by atoms with E-state index in [4.69, 9.17) is 14.2 Å². The lowest BCUT2D eigenvalue weighted by atomic mass is 10.1. The number of anilines is 1. The highest BCUT2D eigenvalue weighted by molar-refractivity contribution is 5.89. The van der Waals surface area contributed by atoms with Gasteiger partial charge in [-0.2, -0.15) is 0 Å². The molecule has 3 aromatic rings. The van der Waals surface area contributed by atoms with Gasteiger partial charge in [0.2, 0.25) is 0 Å². The molecule has 1 unspecified atom stereocenters. The summed E-state index contributed by atoms with van der Waals surface area (Å²) in [4.78, 5) is 17.7. The summed E-state index contributed by atoms with van der Waals surface area (Å²) in [7, 11) is 3.16. The SMILES string of the molecule is CCCC(CC)N(C(=O)O)c1ccc(Oc2ccnc3cc(OC)c(OC)cc23)cc1. The second-order valence-electron chi connectivity index (χ2n) is 7.13. The number of pyridine rings is 1. The number of hydrogen-bond donors (Lipinski definition) is 1. The van der Waals surface area contributed by atoms with Crippen LogP contribution in [-0.2, 0) is 0 Å². The van der Waals surface area contributed by atoms with Crippen molar-refractivity contribution in [3.8, 4) is 23.0 Å². The zero-order valence-corrected chi connectivity index (χ0v) is 18.3. The third-order valence-corrected chi connectivity index (χ3v) is 5.21. The Labute approximate surface area is 182 Å². The van der Waals surface area contributed by atoms with Crippen molar-refractivity contribution in [2.75, 3.05) is 19.1 Å². The van der Waals surface area contributed by atoms with Crippen molar-refractivity contribution in [1.82, 2.24) is 4.98 Å². The van der Waals surface area contributed by atoms with Crippen molar-refractivity contribution >= 4 is 22.7 Å². The number of hydrogen-bond acceptors (Lipinski definition) is 5. The highest BCUT2D eigenvalue weighted by atomic mass is 16.5. The molecule has 0 aliphatic heterocycles. The van der Waals surface area contributed by atoms with Crippen LogP contribution >= 0.6 is 0 Å². The molecule has 0 spiro atoms. The summed E-state index contributed by atoms with van der Waals surface area (Å²) in [5.41, 5.74) is 1.35. The van der Waals surface area contributed by atoms with Gasteiger partial charge in [0, 0.05) is 29.4 Å². The number of rotatable bonds is 9. The van der Waals surface area contributed by atoms with Crippen LogP contribution in [0.25, 0.3) is 10.9 Å². The molecule has 2 aromatic carbocycles. The summed E-state index contributed by atoms with van der Waals surface area (Å²) in [6, 6.07) is 12.4. The predicted octanol–water partition coefficient (Wildman–Crippen LogP) is 6.11. The fraction of sp³-hybridized carbons (Fsp3) is 0.333. The van der Waals surface area contributed by atoms with E-state index in [1.165, 1.54) is 4.90 Å². The van der Waals surface area contributed by atoms with Gasteiger partial charge in [-0.05, 0) is 49.2 Å². The molecule has 7 nitrogen and oxygen atoms in total. The molecule has 7 heteroatoms. The van der Waals surface area contributed by atoms with Gasteiger partial charge in [-0.1, -0.05) is 20.3 Å². The molecule has 0 aliphatic rings. The number of fused-ring (bicyclic) bond motifs is 1. The van der Waals surface area contributed by atoms with Gasteiger partial charge in [0.15, 0.2) is 11.5 Å². The molecule has 0 saturated carbocycles. The first-order valence-electron chi connectivity index (χ1n) is 10.3. The number of aromatic nitrogens is 1. The second-order valence-corrected chi connectivity index (χ2v) is 7.13. The van der Waals surface area contributed by atoms with Gasteiger partial charge in [-0.25, -0.2) is 4.79 Å². The molecule has 1 aromatic heterocycles. The predicted molar refractivity (Wildman–Crippen MR) is 121 cm³/mol. The van der Waals surface area contributed by atoms with E-state index < -0.39 is 6.09 Å². The first-order chi connectivity index (χ1) is 15.0. The van der Waals surface area contributed by atoms with Gasteiger partial charge in [0.25, 0.3) is 0 Å². The van der Waals surface area contributed by atoms with Crippen molar-refractivity contribution in [2.24, 2.45) is 0 Å². The lowest BCUT2D eigenvalue weighted by Crippen LogP contribution is -2.39. The Hall–Kier alpha value is -3.48. The minimum Gasteiger partial charge on any atom is -0.493 e. The monoisotopic (exact) mass is 424 g/mol. The van der Waals surface area contributed by atoms with Gasteiger partial charge < -0.3 is 19.3 Å². The largest absolute Gasteiger partial charge is 0.493 e. The Kier molecular flexibility index (Phi) is 7.18. The number of ether oxygens (including phenoxy) is 3. The first kappa shape index (κ1) is 22.2. The van der Waals surface area contributed by atoms with E-state index >= 15 is 0 Å². The van der Waals surface area contributed by atoms with Crippen molar-refractivity contribution in [3.63, 3.8) is 0 Å². The molecule has 1 amide bonds. The van der Waals surface area contributed by atoms with Crippen LogP contribution in [0.15, 0.2) is 48.7 Å². The maximum Gasteiger partial charge on any atom is 0.412 e. The number of carbonyl (C=O) groups is 1. The van der Waals surface area contributed by atoms with Crippen molar-refractivity contribution in [2.45, 2.75) is 39.2 Å². The third-order valence-electron chi connectivity index (χ3n) is 5.21. The van der Waals surface area contributed by atoms with Gasteiger partial charge in [0.05, 0.1) is 19.7 Å². The minimum absolute atomic E-state index is 0.0548. The lowest BCUT2D eigenvalue weighted by molar-refractivity contribution is 0.198. The fourth-order valence-electron chi connectivity index (χ4n) is 3.66.